The van der Waals surface area contributed by atoms with Crippen molar-refractivity contribution >= 4 is 31.6 Å². The Bertz CT molecular complexity index is 1190. The molecule has 1 aliphatic heterocycles. The van der Waals surface area contributed by atoms with Gasteiger partial charge in [-0.3, -0.25) is 4.79 Å². The molecule has 1 aliphatic rings. The highest BCUT2D eigenvalue weighted by Crippen LogP contribution is 2.26. The first-order chi connectivity index (χ1) is 14.5. The molecule has 1 amide bonds. The molecule has 0 radical (unpaired) electrons. The highest BCUT2D eigenvalue weighted by molar-refractivity contribution is 7.89. The molecule has 8 nitrogen and oxygen atoms in total. The standard InChI is InChI=1S/C21H27N3O5S2/c1-16-11-12-17(15-20(16)31(28,29)24-13-7-4-8-14-24)21(25)22-18-9-5-6-10-19(18)30(26,27)23(2)3/h5-6,9-12,15H,4,7-8,13-14H2,1-3H3,(H,22,25). The molecule has 1 N–H and O–H groups in total. The van der Waals surface area contributed by atoms with E-state index in [0.717, 1.165) is 23.6 Å². The largest absolute Gasteiger partial charge is 0.321 e. The maximum absolute atomic E-state index is 13.1. The highest BCUT2D eigenvalue weighted by atomic mass is 32.2. The number of carbonyl (C=O) groups excluding carboxylic acids is 1. The topological polar surface area (TPSA) is 104 Å². The van der Waals surface area contributed by atoms with Crippen LogP contribution >= 0.6 is 0 Å². The van der Waals surface area contributed by atoms with Crippen LogP contribution in [-0.4, -0.2) is 58.5 Å². The number of hydrogen-bond donors (Lipinski definition) is 1. The monoisotopic (exact) mass is 465 g/mol. The molecule has 0 saturated carbocycles. The summed E-state index contributed by atoms with van der Waals surface area (Å²) in [6.07, 6.45) is 2.63. The zero-order valence-corrected chi connectivity index (χ0v) is 19.5. The number of nitrogens with zero attached hydrogens (tertiary/aromatic N) is 2. The second-order valence-corrected chi connectivity index (χ2v) is 11.7. The fourth-order valence-electron chi connectivity index (χ4n) is 3.45. The van der Waals surface area contributed by atoms with Crippen LogP contribution in [0.1, 0.15) is 35.2 Å². The lowest BCUT2D eigenvalue weighted by Gasteiger charge is -2.26. The van der Waals surface area contributed by atoms with Gasteiger partial charge in [0, 0.05) is 32.7 Å². The maximum Gasteiger partial charge on any atom is 0.255 e. The second kappa shape index (κ2) is 9.07. The van der Waals surface area contributed by atoms with Crippen LogP contribution in [0.5, 0.6) is 0 Å². The summed E-state index contributed by atoms with van der Waals surface area (Å²) in [6, 6.07) is 10.6. The van der Waals surface area contributed by atoms with Crippen molar-refractivity contribution < 1.29 is 21.6 Å². The summed E-state index contributed by atoms with van der Waals surface area (Å²) >= 11 is 0. The average Bonchev–Trinajstić information content (AvgIpc) is 2.74. The first-order valence-corrected chi connectivity index (χ1v) is 12.9. The summed E-state index contributed by atoms with van der Waals surface area (Å²) in [6.45, 7) is 2.62. The van der Waals surface area contributed by atoms with Gasteiger partial charge in [0.15, 0.2) is 0 Å². The Labute approximate surface area is 184 Å². The van der Waals surface area contributed by atoms with Gasteiger partial charge < -0.3 is 5.32 Å². The summed E-state index contributed by atoms with van der Waals surface area (Å²) in [5.41, 5.74) is 0.818. The van der Waals surface area contributed by atoms with Gasteiger partial charge in [-0.15, -0.1) is 0 Å². The number of sulfonamides is 2. The van der Waals surface area contributed by atoms with E-state index in [4.69, 9.17) is 0 Å². The first kappa shape index (κ1) is 23.4. The Morgan fingerprint density at radius 3 is 2.23 bits per heavy atom. The number of hydrogen-bond acceptors (Lipinski definition) is 5. The van der Waals surface area contributed by atoms with Crippen LogP contribution in [0.25, 0.3) is 0 Å². The van der Waals surface area contributed by atoms with Crippen LogP contribution < -0.4 is 5.32 Å². The molecule has 2 aromatic rings. The van der Waals surface area contributed by atoms with Crippen molar-refractivity contribution in [3.05, 3.63) is 53.6 Å². The van der Waals surface area contributed by atoms with Gasteiger partial charge in [-0.25, -0.2) is 21.1 Å². The maximum atomic E-state index is 13.1. The Morgan fingerprint density at radius 2 is 1.58 bits per heavy atom. The fourth-order valence-corrected chi connectivity index (χ4v) is 6.26. The van der Waals surface area contributed by atoms with Gasteiger partial charge in [0.05, 0.1) is 10.6 Å². The van der Waals surface area contributed by atoms with E-state index in [1.165, 1.54) is 42.7 Å². The van der Waals surface area contributed by atoms with Gasteiger partial charge in [0.1, 0.15) is 4.90 Å². The molecular formula is C21H27N3O5S2. The summed E-state index contributed by atoms with van der Waals surface area (Å²) in [5.74, 6) is -0.587. The predicted octanol–water partition coefficient (Wildman–Crippen LogP) is 2.67. The molecule has 0 spiro atoms. The minimum Gasteiger partial charge on any atom is -0.321 e. The number of piperidine rings is 1. The van der Waals surface area contributed by atoms with E-state index in [2.05, 4.69) is 5.32 Å². The Morgan fingerprint density at radius 1 is 0.935 bits per heavy atom. The van der Waals surface area contributed by atoms with Crippen LogP contribution in [0, 0.1) is 6.92 Å². The zero-order chi connectivity index (χ0) is 22.8. The van der Waals surface area contributed by atoms with Gasteiger partial charge in [-0.2, -0.15) is 4.31 Å². The second-order valence-electron chi connectivity index (χ2n) is 7.68. The number of nitrogens with one attached hydrogen (secondary N) is 1. The molecule has 0 atom stereocenters. The lowest BCUT2D eigenvalue weighted by atomic mass is 10.1. The molecule has 0 unspecified atom stereocenters. The van der Waals surface area contributed by atoms with Crippen molar-refractivity contribution in [3.63, 3.8) is 0 Å². The summed E-state index contributed by atoms with van der Waals surface area (Å²) in [5, 5.41) is 2.61. The van der Waals surface area contributed by atoms with Gasteiger partial charge in [0.2, 0.25) is 20.0 Å². The number of benzene rings is 2. The van der Waals surface area contributed by atoms with Crippen molar-refractivity contribution in [1.29, 1.82) is 0 Å². The molecule has 0 aromatic heterocycles. The molecule has 31 heavy (non-hydrogen) atoms. The molecule has 1 heterocycles. The molecule has 168 valence electrons. The van der Waals surface area contributed by atoms with Crippen molar-refractivity contribution in [1.82, 2.24) is 8.61 Å². The van der Waals surface area contributed by atoms with Gasteiger partial charge >= 0.3 is 0 Å². The predicted molar refractivity (Wildman–Crippen MR) is 119 cm³/mol. The Balaban J connectivity index is 1.94. The van der Waals surface area contributed by atoms with E-state index >= 15 is 0 Å². The van der Waals surface area contributed by atoms with Crippen LogP contribution in [0.4, 0.5) is 5.69 Å². The average molecular weight is 466 g/mol. The third-order valence-corrected chi connectivity index (χ3v) is 9.19. The number of rotatable bonds is 6. The molecule has 1 saturated heterocycles. The number of anilines is 1. The first-order valence-electron chi connectivity index (χ1n) is 9.99. The number of aryl methyl sites for hydroxylation is 1. The minimum atomic E-state index is -3.77. The third-order valence-electron chi connectivity index (χ3n) is 5.28. The number of carbonyl (C=O) groups is 1. The Hall–Kier alpha value is -2.27. The number of amides is 1. The SMILES string of the molecule is Cc1ccc(C(=O)Nc2ccccc2S(=O)(=O)N(C)C)cc1S(=O)(=O)N1CCCCC1. The summed E-state index contributed by atoms with van der Waals surface area (Å²) in [4.78, 5) is 13.0. The molecular weight excluding hydrogens is 438 g/mol. The van der Waals surface area contributed by atoms with Gasteiger partial charge in [-0.05, 0) is 49.6 Å². The third kappa shape index (κ3) is 4.82. The van der Waals surface area contributed by atoms with Crippen molar-refractivity contribution in [2.75, 3.05) is 32.5 Å². The van der Waals surface area contributed by atoms with Crippen LogP contribution in [0.2, 0.25) is 0 Å². The normalized spacial score (nSPS) is 15.7. The van der Waals surface area contributed by atoms with Crippen molar-refractivity contribution in [2.24, 2.45) is 0 Å². The van der Waals surface area contributed by atoms with E-state index in [9.17, 15) is 21.6 Å². The van der Waals surface area contributed by atoms with E-state index in [1.807, 2.05) is 0 Å². The van der Waals surface area contributed by atoms with Gasteiger partial charge in [0.25, 0.3) is 5.91 Å². The van der Waals surface area contributed by atoms with E-state index < -0.39 is 26.0 Å². The minimum absolute atomic E-state index is 0.0402. The van der Waals surface area contributed by atoms with Crippen LogP contribution in [0.15, 0.2) is 52.3 Å². The highest BCUT2D eigenvalue weighted by Gasteiger charge is 2.28. The summed E-state index contributed by atoms with van der Waals surface area (Å²) in [7, 11) is -4.67. The fraction of sp³-hybridized carbons (Fsp3) is 0.381. The molecule has 0 aliphatic carbocycles. The molecule has 1 fully saturated rings. The lowest BCUT2D eigenvalue weighted by Crippen LogP contribution is -2.36. The van der Waals surface area contributed by atoms with Crippen molar-refractivity contribution in [2.45, 2.75) is 36.0 Å². The lowest BCUT2D eigenvalue weighted by molar-refractivity contribution is 0.102. The van der Waals surface area contributed by atoms with Crippen LogP contribution in [-0.2, 0) is 20.0 Å². The molecule has 3 rings (SSSR count). The van der Waals surface area contributed by atoms with E-state index in [1.54, 1.807) is 25.1 Å². The zero-order valence-electron chi connectivity index (χ0n) is 17.8. The number of para-hydroxylation sites is 1. The smallest absolute Gasteiger partial charge is 0.255 e. The van der Waals surface area contributed by atoms with E-state index in [-0.39, 0.29) is 21.0 Å². The van der Waals surface area contributed by atoms with Gasteiger partial charge in [-0.1, -0.05) is 24.6 Å². The molecule has 10 heteroatoms. The molecule has 2 aromatic carbocycles. The Kier molecular flexibility index (Phi) is 6.85. The van der Waals surface area contributed by atoms with Crippen LogP contribution in [0.3, 0.4) is 0 Å². The molecule has 0 bridgehead atoms. The van der Waals surface area contributed by atoms with E-state index in [0.29, 0.717) is 18.7 Å². The summed E-state index contributed by atoms with van der Waals surface area (Å²) < 4.78 is 53.9. The van der Waals surface area contributed by atoms with Crippen molar-refractivity contribution in [3.8, 4) is 0 Å². The quantitative estimate of drug-likeness (QED) is 0.706.